The van der Waals surface area contributed by atoms with Crippen LogP contribution in [0.3, 0.4) is 0 Å². The summed E-state index contributed by atoms with van der Waals surface area (Å²) in [5, 5.41) is 30.4. The van der Waals surface area contributed by atoms with E-state index < -0.39 is 89.8 Å². The van der Waals surface area contributed by atoms with Crippen molar-refractivity contribution in [1.82, 2.24) is 9.55 Å². The number of phosphoric acid groups is 2. The number of nitrogens with two attached hydrogens (primary N) is 1. The van der Waals surface area contributed by atoms with E-state index >= 15 is 0 Å². The Morgan fingerprint density at radius 1 is 0.726 bits per heavy atom. The maximum Gasteiger partial charge on any atom is 0.481 e. The van der Waals surface area contributed by atoms with Crippen LogP contribution < -0.4 is 11.4 Å². The molecule has 1 aliphatic rings. The zero-order chi connectivity index (χ0) is 53.6. The summed E-state index contributed by atoms with van der Waals surface area (Å²) in [7, 11) is -10.9. The number of allylic oxidation sites excluding steroid dienone is 17. The molecule has 2 unspecified atom stereocenters. The Bertz CT molecular complexity index is 2170. The van der Waals surface area contributed by atoms with Crippen molar-refractivity contribution in [3.63, 3.8) is 0 Å². The number of hydrogen-bond donors (Lipinski definition) is 6. The number of aliphatic hydroxyl groups excluding tert-OH is 3. The molecule has 1 aromatic heterocycles. The standard InChI is InChI=1S/C52H79N3O16P2/c1-3-5-6-7-8-9-10-11-12-13-14-19-22-25-28-31-34-37-48(58)69-44(40-66-47(57)36-33-30-27-24-21-18-16-15-17-20-23-26-29-32-35-43(56)4-2)41-67-72(62,63)71-73(64,65)68-42-45-49(59)50(60)51(70-45)55-39-38-46(53)54-52(55)61/h8-9,11-12,14,16-20,24-29,32,35,38-39,43-45,49-51,56,59-60H,3-7,10,13,15,21-23,30-31,33-34,36-37,40-42H2,1-2H3,(H,62,63)(H,64,65)(H2,53,54,61)/b9-8-,12-11-,18-16-,19-14-,20-17-,27-24-,28-25-,29-26-,35-32+/t43-,44+,45+,49+,50+,51+/m0/s1. The van der Waals surface area contributed by atoms with Crippen LogP contribution in [0, 0.1) is 0 Å². The minimum Gasteiger partial charge on any atom is -0.462 e. The first kappa shape index (κ1) is 64.5. The summed E-state index contributed by atoms with van der Waals surface area (Å²) in [6.07, 6.45) is 41.4. The zero-order valence-corrected chi connectivity index (χ0v) is 44.0. The predicted molar refractivity (Wildman–Crippen MR) is 280 cm³/mol. The van der Waals surface area contributed by atoms with E-state index in [4.69, 9.17) is 29.0 Å². The van der Waals surface area contributed by atoms with Crippen molar-refractivity contribution in [1.29, 1.82) is 0 Å². The molecule has 1 aliphatic heterocycles. The van der Waals surface area contributed by atoms with E-state index in [1.807, 2.05) is 61.6 Å². The van der Waals surface area contributed by atoms with Crippen molar-refractivity contribution in [2.24, 2.45) is 0 Å². The molecule has 0 bridgehead atoms. The number of esters is 2. The van der Waals surface area contributed by atoms with Crippen molar-refractivity contribution >= 4 is 33.4 Å². The van der Waals surface area contributed by atoms with Crippen LogP contribution in [0.1, 0.15) is 129 Å². The minimum absolute atomic E-state index is 0.0163. The molecular weight excluding hydrogens is 985 g/mol. The van der Waals surface area contributed by atoms with Gasteiger partial charge in [0.2, 0.25) is 0 Å². The Hall–Kier alpha value is -4.62. The van der Waals surface area contributed by atoms with Crippen LogP contribution in [0.2, 0.25) is 0 Å². The lowest BCUT2D eigenvalue weighted by Gasteiger charge is -2.21. The number of aliphatic hydroxyl groups is 3. The van der Waals surface area contributed by atoms with E-state index in [0.717, 1.165) is 49.3 Å². The van der Waals surface area contributed by atoms with Crippen LogP contribution in [0.5, 0.6) is 0 Å². The predicted octanol–water partition coefficient (Wildman–Crippen LogP) is 9.19. The summed E-state index contributed by atoms with van der Waals surface area (Å²) >= 11 is 0. The second kappa shape index (κ2) is 38.9. The van der Waals surface area contributed by atoms with Gasteiger partial charge in [-0.2, -0.15) is 9.29 Å². The van der Waals surface area contributed by atoms with Crippen LogP contribution in [-0.2, 0) is 46.3 Å². The molecule has 19 nitrogen and oxygen atoms in total. The van der Waals surface area contributed by atoms with Crippen molar-refractivity contribution in [3.05, 3.63) is 132 Å². The third-order valence-electron chi connectivity index (χ3n) is 10.5. The van der Waals surface area contributed by atoms with Crippen LogP contribution in [0.25, 0.3) is 0 Å². The van der Waals surface area contributed by atoms with E-state index in [2.05, 4.69) is 64.8 Å². The monoisotopic (exact) mass is 1060 g/mol. The summed E-state index contributed by atoms with van der Waals surface area (Å²) in [5.41, 5.74) is 4.57. The fourth-order valence-electron chi connectivity index (χ4n) is 6.47. The van der Waals surface area contributed by atoms with Gasteiger partial charge >= 0.3 is 33.3 Å². The first-order valence-electron chi connectivity index (χ1n) is 25.0. The molecule has 8 atom stereocenters. The molecule has 1 saturated heterocycles. The molecule has 1 aromatic rings. The Labute approximate surface area is 430 Å². The van der Waals surface area contributed by atoms with Crippen molar-refractivity contribution in [2.75, 3.05) is 25.6 Å². The van der Waals surface area contributed by atoms with Gasteiger partial charge in [0, 0.05) is 19.0 Å². The number of carbonyl (C=O) groups excluding carboxylic acids is 2. The van der Waals surface area contributed by atoms with Crippen LogP contribution in [0.15, 0.2) is 126 Å². The van der Waals surface area contributed by atoms with Crippen LogP contribution >= 0.6 is 15.6 Å². The lowest BCUT2D eigenvalue weighted by atomic mass is 10.1. The fourth-order valence-corrected chi connectivity index (χ4v) is 8.58. The van der Waals surface area contributed by atoms with Gasteiger partial charge in [-0.15, -0.1) is 0 Å². The largest absolute Gasteiger partial charge is 0.481 e. The van der Waals surface area contributed by atoms with Gasteiger partial charge in [-0.25, -0.2) is 13.9 Å². The first-order chi connectivity index (χ1) is 35.1. The quantitative estimate of drug-likeness (QED) is 0.0118. The number of hydrogen-bond acceptors (Lipinski definition) is 16. The first-order valence-corrected chi connectivity index (χ1v) is 28.0. The molecular formula is C52H79N3O16P2. The molecule has 0 aromatic carbocycles. The van der Waals surface area contributed by atoms with E-state index in [1.165, 1.54) is 25.3 Å². The van der Waals surface area contributed by atoms with Crippen molar-refractivity contribution in [2.45, 2.75) is 160 Å². The summed E-state index contributed by atoms with van der Waals surface area (Å²) in [4.78, 5) is 61.8. The van der Waals surface area contributed by atoms with Gasteiger partial charge in [0.1, 0.15) is 30.7 Å². The number of anilines is 1. The number of unbranched alkanes of at least 4 members (excludes halogenated alkanes) is 5. The van der Waals surface area contributed by atoms with E-state index in [1.54, 1.807) is 6.08 Å². The van der Waals surface area contributed by atoms with Gasteiger partial charge < -0.3 is 45.1 Å². The maximum absolute atomic E-state index is 12.8. The SMILES string of the molecule is CCCCC/C=C\C/C=C\C/C=C\C/C=C\CCCC(=O)O[C@H](COC(=O)CCC/C=C\C/C=C\C/C=C\C/C=C\C=C\[C@@H](O)CC)COP(=O)(O)OP(=O)(O)OC[C@H]1O[C@@H](n2ccc(N)nc2=O)[C@H](O)[C@@H]1O. The molecule has 408 valence electrons. The summed E-state index contributed by atoms with van der Waals surface area (Å²) in [5.74, 6) is -1.47. The highest BCUT2D eigenvalue weighted by molar-refractivity contribution is 7.61. The minimum atomic E-state index is -5.46. The van der Waals surface area contributed by atoms with Gasteiger partial charge in [-0.3, -0.25) is 23.2 Å². The van der Waals surface area contributed by atoms with Crippen LogP contribution in [0.4, 0.5) is 5.82 Å². The molecule has 0 saturated carbocycles. The summed E-state index contributed by atoms with van der Waals surface area (Å²) in [6, 6.07) is 1.24. The smallest absolute Gasteiger partial charge is 0.462 e. The summed E-state index contributed by atoms with van der Waals surface area (Å²) < 4.78 is 56.6. The molecule has 21 heteroatoms. The second-order valence-electron chi connectivity index (χ2n) is 16.8. The average Bonchev–Trinajstić information content (AvgIpc) is 3.63. The Kier molecular flexibility index (Phi) is 34.4. The van der Waals surface area contributed by atoms with Crippen LogP contribution in [-0.4, -0.2) is 96.9 Å². The molecule has 0 amide bonds. The molecule has 0 radical (unpaired) electrons. The maximum atomic E-state index is 12.8. The number of ether oxygens (including phenoxy) is 3. The number of phosphoric ester groups is 2. The van der Waals surface area contributed by atoms with Gasteiger partial charge in [0.25, 0.3) is 0 Å². The van der Waals surface area contributed by atoms with Gasteiger partial charge in [0.15, 0.2) is 12.3 Å². The highest BCUT2D eigenvalue weighted by Crippen LogP contribution is 2.60. The second-order valence-corrected chi connectivity index (χ2v) is 19.8. The molecule has 7 N–H and O–H groups in total. The van der Waals surface area contributed by atoms with E-state index in [-0.39, 0.29) is 18.7 Å². The Balaban J connectivity index is 1.87. The van der Waals surface area contributed by atoms with Gasteiger partial charge in [0.05, 0.1) is 19.3 Å². The normalized spacial score (nSPS) is 20.3. The molecule has 73 heavy (non-hydrogen) atoms. The highest BCUT2D eigenvalue weighted by Gasteiger charge is 2.46. The molecule has 2 heterocycles. The number of carbonyl (C=O) groups is 2. The number of aromatic nitrogens is 2. The zero-order valence-electron chi connectivity index (χ0n) is 42.2. The van der Waals surface area contributed by atoms with Gasteiger partial charge in [-0.1, -0.05) is 136 Å². The van der Waals surface area contributed by atoms with Crippen molar-refractivity contribution in [3.8, 4) is 0 Å². The number of rotatable bonds is 39. The third kappa shape index (κ3) is 31.7. The van der Waals surface area contributed by atoms with E-state index in [9.17, 15) is 48.6 Å². The lowest BCUT2D eigenvalue weighted by Crippen LogP contribution is -2.36. The lowest BCUT2D eigenvalue weighted by molar-refractivity contribution is -0.161. The van der Waals surface area contributed by atoms with Crippen molar-refractivity contribution < 1.29 is 71.4 Å². The Morgan fingerprint density at radius 2 is 1.25 bits per heavy atom. The highest BCUT2D eigenvalue weighted by atomic mass is 31.3. The topological polar surface area (TPSA) is 286 Å². The third-order valence-corrected chi connectivity index (χ3v) is 13.1. The number of nitrogen functional groups attached to an aromatic ring is 1. The molecule has 2 rings (SSSR count). The fraction of sp³-hybridized carbons (Fsp3) is 0.538. The Morgan fingerprint density at radius 3 is 1.79 bits per heavy atom. The summed E-state index contributed by atoms with van der Waals surface area (Å²) in [6.45, 7) is 1.66. The molecule has 0 aliphatic carbocycles. The molecule has 1 fully saturated rings. The molecule has 0 spiro atoms. The number of nitrogens with zero attached hydrogens (tertiary/aromatic N) is 2. The van der Waals surface area contributed by atoms with E-state index in [0.29, 0.717) is 38.5 Å². The van der Waals surface area contributed by atoms with Gasteiger partial charge in [-0.05, 0) is 89.5 Å². The average molecular weight is 1060 g/mol.